The zero-order valence-corrected chi connectivity index (χ0v) is 9.63. The van der Waals surface area contributed by atoms with E-state index in [1.807, 2.05) is 6.26 Å². The number of benzene rings is 1. The van der Waals surface area contributed by atoms with Crippen LogP contribution in [0.2, 0.25) is 0 Å². The van der Waals surface area contributed by atoms with E-state index in [9.17, 15) is 0 Å². The second kappa shape index (κ2) is 6.20. The lowest BCUT2D eigenvalue weighted by molar-refractivity contribution is 0.313. The fraction of sp³-hybridized carbons (Fsp3) is 0.364. The van der Waals surface area contributed by atoms with Gasteiger partial charge in [0, 0.05) is 11.8 Å². The maximum Gasteiger partial charge on any atom is 0.162 e. The van der Waals surface area contributed by atoms with Gasteiger partial charge in [-0.15, -0.1) is 0 Å². The Morgan fingerprint density at radius 1 is 1.40 bits per heavy atom. The Labute approximate surface area is 94.0 Å². The molecule has 15 heavy (non-hydrogen) atoms. The molecule has 3 nitrogen and oxygen atoms in total. The maximum absolute atomic E-state index is 8.71. The van der Waals surface area contributed by atoms with Gasteiger partial charge in [0.1, 0.15) is 0 Å². The summed E-state index contributed by atoms with van der Waals surface area (Å²) in [5.74, 6) is 2.23. The molecule has 1 rings (SSSR count). The minimum Gasteiger partial charge on any atom is -0.493 e. The number of thioether (sulfide) groups is 1. The fourth-order valence-corrected chi connectivity index (χ4v) is 1.34. The second-order valence-corrected chi connectivity index (χ2v) is 3.80. The topological polar surface area (TPSA) is 42.2 Å². The van der Waals surface area contributed by atoms with Gasteiger partial charge in [-0.3, -0.25) is 0 Å². The molecule has 1 aromatic rings. The molecule has 0 radical (unpaired) electrons. The molecule has 1 aromatic carbocycles. The molecule has 0 aliphatic heterocycles. The minimum absolute atomic E-state index is 0.573. The molecule has 0 aliphatic carbocycles. The maximum atomic E-state index is 8.71. The van der Waals surface area contributed by atoms with Crippen LogP contribution in [-0.4, -0.2) is 25.7 Å². The smallest absolute Gasteiger partial charge is 0.162 e. The van der Waals surface area contributed by atoms with Crippen LogP contribution in [0.3, 0.4) is 0 Å². The van der Waals surface area contributed by atoms with Crippen molar-refractivity contribution in [2.24, 2.45) is 0 Å². The summed E-state index contributed by atoms with van der Waals surface area (Å²) in [5.41, 5.74) is 0.573. The first-order valence-corrected chi connectivity index (χ1v) is 5.91. The minimum atomic E-state index is 0.573. The Kier molecular flexibility index (Phi) is 4.85. The van der Waals surface area contributed by atoms with Crippen molar-refractivity contribution in [3.8, 4) is 17.6 Å². The molecular weight excluding hydrogens is 210 g/mol. The molecule has 0 aliphatic rings. The third kappa shape index (κ3) is 3.37. The first-order chi connectivity index (χ1) is 7.31. The van der Waals surface area contributed by atoms with Crippen LogP contribution in [0.1, 0.15) is 5.56 Å². The van der Waals surface area contributed by atoms with Crippen molar-refractivity contribution in [3.05, 3.63) is 23.8 Å². The fourth-order valence-electron chi connectivity index (χ4n) is 1.09. The predicted molar refractivity (Wildman–Crippen MR) is 61.6 cm³/mol. The molecule has 0 bridgehead atoms. The number of ether oxygens (including phenoxy) is 2. The summed E-state index contributed by atoms with van der Waals surface area (Å²) in [4.78, 5) is 0. The highest BCUT2D eigenvalue weighted by molar-refractivity contribution is 7.98. The molecule has 0 spiro atoms. The second-order valence-electron chi connectivity index (χ2n) is 2.82. The molecule has 0 aromatic heterocycles. The standard InChI is InChI=1S/C11H13NO2S/c1-13-11-7-9(8-12)3-4-10(11)14-5-6-15-2/h3-4,7H,5-6H2,1-2H3. The Hall–Kier alpha value is -1.34. The van der Waals surface area contributed by atoms with Crippen LogP contribution >= 0.6 is 11.8 Å². The zero-order chi connectivity index (χ0) is 11.1. The molecule has 0 amide bonds. The Morgan fingerprint density at radius 3 is 2.80 bits per heavy atom. The molecule has 80 valence electrons. The quantitative estimate of drug-likeness (QED) is 0.718. The highest BCUT2D eigenvalue weighted by Gasteiger charge is 2.04. The van der Waals surface area contributed by atoms with E-state index in [-0.39, 0.29) is 0 Å². The number of hydrogen-bond acceptors (Lipinski definition) is 4. The average molecular weight is 223 g/mol. The van der Waals surface area contributed by atoms with Crippen molar-refractivity contribution in [2.75, 3.05) is 25.7 Å². The molecule has 0 saturated carbocycles. The lowest BCUT2D eigenvalue weighted by Crippen LogP contribution is -2.01. The monoisotopic (exact) mass is 223 g/mol. The molecule has 0 atom stereocenters. The lowest BCUT2D eigenvalue weighted by atomic mass is 10.2. The number of rotatable bonds is 5. The Balaban J connectivity index is 2.75. The van der Waals surface area contributed by atoms with Crippen molar-refractivity contribution in [1.29, 1.82) is 5.26 Å². The third-order valence-electron chi connectivity index (χ3n) is 1.84. The van der Waals surface area contributed by atoms with Crippen LogP contribution in [0.5, 0.6) is 11.5 Å². The molecule has 0 N–H and O–H groups in total. The van der Waals surface area contributed by atoms with Crippen LogP contribution in [0.25, 0.3) is 0 Å². The summed E-state index contributed by atoms with van der Waals surface area (Å²) in [6, 6.07) is 7.21. The van der Waals surface area contributed by atoms with E-state index >= 15 is 0 Å². The van der Waals surface area contributed by atoms with Gasteiger partial charge < -0.3 is 9.47 Å². The number of nitriles is 1. The summed E-state index contributed by atoms with van der Waals surface area (Å²) < 4.78 is 10.6. The summed E-state index contributed by atoms with van der Waals surface area (Å²) in [5, 5.41) is 8.71. The summed E-state index contributed by atoms with van der Waals surface area (Å²) in [6.45, 7) is 0.642. The molecular formula is C11H13NO2S. The predicted octanol–water partition coefficient (Wildman–Crippen LogP) is 2.31. The van der Waals surface area contributed by atoms with Crippen molar-refractivity contribution in [3.63, 3.8) is 0 Å². The van der Waals surface area contributed by atoms with Crippen LogP contribution in [0.15, 0.2) is 18.2 Å². The first-order valence-electron chi connectivity index (χ1n) is 4.51. The van der Waals surface area contributed by atoms with Gasteiger partial charge in [0.05, 0.1) is 25.3 Å². The van der Waals surface area contributed by atoms with E-state index in [1.54, 1.807) is 37.1 Å². The van der Waals surface area contributed by atoms with Crippen molar-refractivity contribution >= 4 is 11.8 Å². The molecule has 4 heteroatoms. The number of nitrogens with zero attached hydrogens (tertiary/aromatic N) is 1. The van der Waals surface area contributed by atoms with E-state index in [4.69, 9.17) is 14.7 Å². The zero-order valence-electron chi connectivity index (χ0n) is 8.82. The summed E-state index contributed by atoms with van der Waals surface area (Å²) in [7, 11) is 1.57. The van der Waals surface area contributed by atoms with E-state index in [0.717, 1.165) is 5.75 Å². The number of hydrogen-bond donors (Lipinski definition) is 0. The van der Waals surface area contributed by atoms with Crippen molar-refractivity contribution in [1.82, 2.24) is 0 Å². The van der Waals surface area contributed by atoms with Gasteiger partial charge in [-0.05, 0) is 18.4 Å². The van der Waals surface area contributed by atoms with Crippen LogP contribution in [0.4, 0.5) is 0 Å². The largest absolute Gasteiger partial charge is 0.493 e. The van der Waals surface area contributed by atoms with E-state index < -0.39 is 0 Å². The third-order valence-corrected chi connectivity index (χ3v) is 2.41. The molecule has 0 fully saturated rings. The summed E-state index contributed by atoms with van der Waals surface area (Å²) in [6.07, 6.45) is 2.03. The SMILES string of the molecule is COc1cc(C#N)ccc1OCCSC. The van der Waals surface area contributed by atoms with Gasteiger partial charge in [-0.25, -0.2) is 0 Å². The van der Waals surface area contributed by atoms with Gasteiger partial charge in [-0.2, -0.15) is 17.0 Å². The summed E-state index contributed by atoms with van der Waals surface area (Å²) >= 11 is 1.72. The van der Waals surface area contributed by atoms with Gasteiger partial charge in [0.2, 0.25) is 0 Å². The highest BCUT2D eigenvalue weighted by atomic mass is 32.2. The van der Waals surface area contributed by atoms with Gasteiger partial charge in [0.25, 0.3) is 0 Å². The lowest BCUT2D eigenvalue weighted by Gasteiger charge is -2.09. The highest BCUT2D eigenvalue weighted by Crippen LogP contribution is 2.27. The van der Waals surface area contributed by atoms with Gasteiger partial charge in [0.15, 0.2) is 11.5 Å². The average Bonchev–Trinajstić information content (AvgIpc) is 2.29. The van der Waals surface area contributed by atoms with E-state index in [1.165, 1.54) is 0 Å². The van der Waals surface area contributed by atoms with Gasteiger partial charge >= 0.3 is 0 Å². The van der Waals surface area contributed by atoms with Crippen molar-refractivity contribution < 1.29 is 9.47 Å². The molecule has 0 saturated heterocycles. The Morgan fingerprint density at radius 2 is 2.20 bits per heavy atom. The first kappa shape index (κ1) is 11.7. The van der Waals surface area contributed by atoms with Crippen molar-refractivity contribution in [2.45, 2.75) is 0 Å². The van der Waals surface area contributed by atoms with Gasteiger partial charge in [-0.1, -0.05) is 0 Å². The molecule has 0 unspecified atom stereocenters. The van der Waals surface area contributed by atoms with E-state index in [2.05, 4.69) is 6.07 Å². The normalized spacial score (nSPS) is 9.40. The van der Waals surface area contributed by atoms with Crippen LogP contribution in [-0.2, 0) is 0 Å². The van der Waals surface area contributed by atoms with E-state index in [0.29, 0.717) is 23.7 Å². The Bertz CT molecular complexity index is 360. The van der Waals surface area contributed by atoms with Crippen LogP contribution in [0, 0.1) is 11.3 Å². The van der Waals surface area contributed by atoms with Crippen LogP contribution < -0.4 is 9.47 Å². The number of methoxy groups -OCH3 is 1. The molecule has 0 heterocycles.